The summed E-state index contributed by atoms with van der Waals surface area (Å²) in [6.07, 6.45) is 5.37. The Morgan fingerprint density at radius 1 is 0.968 bits per heavy atom. The van der Waals surface area contributed by atoms with Crippen LogP contribution in [0.4, 0.5) is 11.5 Å². The first-order valence-corrected chi connectivity index (χ1v) is 11.4. The molecular weight excluding hydrogens is 406 g/mol. The summed E-state index contributed by atoms with van der Waals surface area (Å²) < 4.78 is 11.0. The van der Waals surface area contributed by atoms with Crippen LogP contribution in [0.5, 0.6) is 11.5 Å². The Balaban J connectivity index is 1.63. The summed E-state index contributed by atoms with van der Waals surface area (Å²) in [4.78, 5) is 12.5. The van der Waals surface area contributed by atoms with Crippen LogP contribution in [0.2, 0.25) is 0 Å². The maximum atomic E-state index is 5.59. The fraction of sp³-hybridized carbons (Fsp3) is 0.280. The van der Waals surface area contributed by atoms with E-state index in [2.05, 4.69) is 29.6 Å². The van der Waals surface area contributed by atoms with E-state index in [1.54, 1.807) is 14.2 Å². The van der Waals surface area contributed by atoms with Gasteiger partial charge in [-0.2, -0.15) is 0 Å². The monoisotopic (exact) mass is 431 g/mol. The van der Waals surface area contributed by atoms with Gasteiger partial charge in [-0.3, -0.25) is 0 Å². The topological polar surface area (TPSA) is 56.3 Å². The second-order valence-electron chi connectivity index (χ2n) is 7.73. The second kappa shape index (κ2) is 8.55. The minimum Gasteiger partial charge on any atom is -0.497 e. The number of aromatic nitrogens is 2. The van der Waals surface area contributed by atoms with Gasteiger partial charge >= 0.3 is 0 Å². The number of hydrogen-bond donors (Lipinski definition) is 1. The lowest BCUT2D eigenvalue weighted by Crippen LogP contribution is -2.05. The average Bonchev–Trinajstić information content (AvgIpc) is 3.18. The van der Waals surface area contributed by atoms with Gasteiger partial charge < -0.3 is 14.8 Å². The summed E-state index contributed by atoms with van der Waals surface area (Å²) >= 11 is 1.82. The van der Waals surface area contributed by atoms with Gasteiger partial charge in [0.1, 0.15) is 28.0 Å². The Morgan fingerprint density at radius 3 is 2.61 bits per heavy atom. The van der Waals surface area contributed by atoms with Crippen LogP contribution < -0.4 is 14.8 Å². The van der Waals surface area contributed by atoms with Gasteiger partial charge in [-0.25, -0.2) is 9.97 Å². The predicted molar refractivity (Wildman–Crippen MR) is 126 cm³/mol. The number of nitrogens with one attached hydrogen (secondary N) is 1. The number of rotatable bonds is 6. The molecule has 0 amide bonds. The molecule has 0 spiro atoms. The van der Waals surface area contributed by atoms with E-state index in [0.29, 0.717) is 6.42 Å². The SMILES string of the molecule is COc1ccc(OC)c(Nc2nc(Cc3ccccc3)nc3sc4c(c23)CCCC4)c1. The molecule has 0 saturated carbocycles. The van der Waals surface area contributed by atoms with Crippen molar-refractivity contribution in [2.45, 2.75) is 32.1 Å². The van der Waals surface area contributed by atoms with Gasteiger partial charge in [0.05, 0.1) is 25.3 Å². The Hall–Kier alpha value is -3.12. The van der Waals surface area contributed by atoms with Crippen LogP contribution in [0.1, 0.15) is 34.7 Å². The van der Waals surface area contributed by atoms with Crippen LogP contribution in [0.3, 0.4) is 0 Å². The highest BCUT2D eigenvalue weighted by molar-refractivity contribution is 7.19. The summed E-state index contributed by atoms with van der Waals surface area (Å²) in [5.74, 6) is 3.19. The number of aryl methyl sites for hydroxylation is 2. The lowest BCUT2D eigenvalue weighted by atomic mass is 9.97. The molecule has 0 unspecified atom stereocenters. The van der Waals surface area contributed by atoms with Gasteiger partial charge in [-0.1, -0.05) is 30.3 Å². The van der Waals surface area contributed by atoms with Crippen LogP contribution in [-0.4, -0.2) is 24.2 Å². The highest BCUT2D eigenvalue weighted by Gasteiger charge is 2.22. The zero-order valence-electron chi connectivity index (χ0n) is 17.8. The molecule has 0 radical (unpaired) electrons. The number of nitrogens with zero attached hydrogens (tertiary/aromatic N) is 2. The first-order valence-electron chi connectivity index (χ1n) is 10.6. The molecule has 0 fully saturated rings. The number of benzene rings is 2. The average molecular weight is 432 g/mol. The number of ether oxygens (including phenoxy) is 2. The van der Waals surface area contributed by atoms with Crippen molar-refractivity contribution in [1.29, 1.82) is 0 Å². The zero-order chi connectivity index (χ0) is 21.2. The van der Waals surface area contributed by atoms with E-state index in [-0.39, 0.29) is 0 Å². The maximum absolute atomic E-state index is 5.59. The quantitative estimate of drug-likeness (QED) is 0.411. The molecule has 158 valence electrons. The molecule has 6 heteroatoms. The third kappa shape index (κ3) is 3.95. The number of thiophene rings is 1. The Morgan fingerprint density at radius 2 is 1.81 bits per heavy atom. The molecule has 31 heavy (non-hydrogen) atoms. The Bertz CT molecular complexity index is 1220. The van der Waals surface area contributed by atoms with Gasteiger partial charge in [0.25, 0.3) is 0 Å². The summed E-state index contributed by atoms with van der Waals surface area (Å²) in [5, 5.41) is 4.71. The van der Waals surface area contributed by atoms with Crippen molar-refractivity contribution in [3.05, 3.63) is 70.4 Å². The molecular formula is C25H25N3O2S. The Kier molecular flexibility index (Phi) is 5.47. The molecule has 2 heterocycles. The smallest absolute Gasteiger partial charge is 0.143 e. The van der Waals surface area contributed by atoms with Gasteiger partial charge in [0, 0.05) is 17.4 Å². The first-order chi connectivity index (χ1) is 15.2. The molecule has 1 aliphatic rings. The lowest BCUT2D eigenvalue weighted by molar-refractivity contribution is 0.405. The summed E-state index contributed by atoms with van der Waals surface area (Å²) in [7, 11) is 3.34. The third-order valence-corrected chi connectivity index (χ3v) is 6.91. The molecule has 0 saturated heterocycles. The summed E-state index contributed by atoms with van der Waals surface area (Å²) in [6, 6.07) is 16.1. The van der Waals surface area contributed by atoms with E-state index >= 15 is 0 Å². The molecule has 1 N–H and O–H groups in total. The number of anilines is 2. The molecule has 5 nitrogen and oxygen atoms in total. The third-order valence-electron chi connectivity index (χ3n) is 5.73. The highest BCUT2D eigenvalue weighted by atomic mass is 32.1. The second-order valence-corrected chi connectivity index (χ2v) is 8.82. The van der Waals surface area contributed by atoms with Crippen LogP contribution in [-0.2, 0) is 19.3 Å². The zero-order valence-corrected chi connectivity index (χ0v) is 18.6. The number of methoxy groups -OCH3 is 2. The molecule has 0 atom stereocenters. The highest BCUT2D eigenvalue weighted by Crippen LogP contribution is 2.41. The molecule has 5 rings (SSSR count). The van der Waals surface area contributed by atoms with Crippen molar-refractivity contribution in [2.24, 2.45) is 0 Å². The molecule has 2 aromatic heterocycles. The minimum absolute atomic E-state index is 0.698. The van der Waals surface area contributed by atoms with E-state index in [1.807, 2.05) is 35.6 Å². The van der Waals surface area contributed by atoms with Crippen LogP contribution in [0.15, 0.2) is 48.5 Å². The summed E-state index contributed by atoms with van der Waals surface area (Å²) in [6.45, 7) is 0. The molecule has 1 aliphatic carbocycles. The van der Waals surface area contributed by atoms with Crippen molar-refractivity contribution in [3.8, 4) is 11.5 Å². The van der Waals surface area contributed by atoms with Crippen molar-refractivity contribution >= 4 is 33.1 Å². The van der Waals surface area contributed by atoms with Crippen LogP contribution in [0, 0.1) is 0 Å². The molecule has 0 aliphatic heterocycles. The van der Waals surface area contributed by atoms with Gasteiger partial charge in [-0.05, 0) is 48.9 Å². The van der Waals surface area contributed by atoms with Crippen LogP contribution in [0.25, 0.3) is 10.2 Å². The fourth-order valence-electron chi connectivity index (χ4n) is 4.19. The van der Waals surface area contributed by atoms with Gasteiger partial charge in [-0.15, -0.1) is 11.3 Å². The standard InChI is InChI=1S/C25H25N3O2S/c1-29-17-12-13-20(30-2)19(15-17)26-24-23-18-10-6-7-11-21(18)31-25(23)28-22(27-24)14-16-8-4-3-5-9-16/h3-5,8-9,12-13,15H,6-7,10-11,14H2,1-2H3,(H,26,27,28). The fourth-order valence-corrected chi connectivity index (χ4v) is 5.47. The van der Waals surface area contributed by atoms with Crippen molar-refractivity contribution in [3.63, 3.8) is 0 Å². The van der Waals surface area contributed by atoms with Crippen molar-refractivity contribution < 1.29 is 9.47 Å². The Labute approximate surface area is 186 Å². The minimum atomic E-state index is 0.698. The van der Waals surface area contributed by atoms with Gasteiger partial charge in [0.2, 0.25) is 0 Å². The molecule has 2 aromatic carbocycles. The largest absolute Gasteiger partial charge is 0.497 e. The summed E-state index contributed by atoms with van der Waals surface area (Å²) in [5.41, 5.74) is 3.44. The molecule has 0 bridgehead atoms. The number of hydrogen-bond acceptors (Lipinski definition) is 6. The van der Waals surface area contributed by atoms with Crippen LogP contribution >= 0.6 is 11.3 Å². The lowest BCUT2D eigenvalue weighted by Gasteiger charge is -2.15. The van der Waals surface area contributed by atoms with E-state index in [1.165, 1.54) is 28.8 Å². The van der Waals surface area contributed by atoms with E-state index in [9.17, 15) is 0 Å². The van der Waals surface area contributed by atoms with E-state index < -0.39 is 0 Å². The van der Waals surface area contributed by atoms with Gasteiger partial charge in [0.15, 0.2) is 0 Å². The van der Waals surface area contributed by atoms with E-state index in [4.69, 9.17) is 19.4 Å². The number of fused-ring (bicyclic) bond motifs is 3. The van der Waals surface area contributed by atoms with Crippen molar-refractivity contribution in [2.75, 3.05) is 19.5 Å². The first kappa shape index (κ1) is 19.8. The predicted octanol–water partition coefficient (Wildman–Crippen LogP) is 5.92. The molecule has 4 aromatic rings. The van der Waals surface area contributed by atoms with E-state index in [0.717, 1.165) is 51.9 Å². The van der Waals surface area contributed by atoms with Crippen molar-refractivity contribution in [1.82, 2.24) is 9.97 Å². The normalized spacial score (nSPS) is 13.1. The maximum Gasteiger partial charge on any atom is 0.143 e.